The highest BCUT2D eigenvalue weighted by atomic mass is 32.2. The SMILES string of the molecule is CCCCCN(C(C)C)S(=O)(=O)c1ccc(C)c(N)c1. The largest absolute Gasteiger partial charge is 0.398 e. The summed E-state index contributed by atoms with van der Waals surface area (Å²) in [6, 6.07) is 4.89. The van der Waals surface area contributed by atoms with E-state index in [1.807, 2.05) is 20.8 Å². The highest BCUT2D eigenvalue weighted by molar-refractivity contribution is 7.89. The monoisotopic (exact) mass is 298 g/mol. The van der Waals surface area contributed by atoms with Gasteiger partial charge in [0.15, 0.2) is 0 Å². The average Bonchev–Trinajstić information content (AvgIpc) is 2.37. The zero-order valence-corrected chi connectivity index (χ0v) is 13.7. The molecular weight excluding hydrogens is 272 g/mol. The van der Waals surface area contributed by atoms with Crippen LogP contribution in [0.15, 0.2) is 23.1 Å². The number of sulfonamides is 1. The van der Waals surface area contributed by atoms with Crippen LogP contribution in [0, 0.1) is 6.92 Å². The van der Waals surface area contributed by atoms with Crippen molar-refractivity contribution in [3.63, 3.8) is 0 Å². The van der Waals surface area contributed by atoms with Gasteiger partial charge >= 0.3 is 0 Å². The summed E-state index contributed by atoms with van der Waals surface area (Å²) < 4.78 is 27.0. The van der Waals surface area contributed by atoms with Gasteiger partial charge in [0.05, 0.1) is 4.90 Å². The van der Waals surface area contributed by atoms with Gasteiger partial charge in [-0.15, -0.1) is 0 Å². The number of rotatable bonds is 7. The van der Waals surface area contributed by atoms with Gasteiger partial charge in [0.25, 0.3) is 0 Å². The Balaban J connectivity index is 3.06. The van der Waals surface area contributed by atoms with Crippen LogP contribution in [0.5, 0.6) is 0 Å². The topological polar surface area (TPSA) is 63.4 Å². The first kappa shape index (κ1) is 17.0. The number of aryl methyl sites for hydroxylation is 1. The summed E-state index contributed by atoms with van der Waals surface area (Å²) in [5, 5.41) is 0. The first-order chi connectivity index (χ1) is 9.30. The van der Waals surface area contributed by atoms with Crippen LogP contribution in [0.2, 0.25) is 0 Å². The van der Waals surface area contributed by atoms with Crippen LogP contribution >= 0.6 is 0 Å². The molecule has 0 bridgehead atoms. The molecule has 1 aromatic carbocycles. The summed E-state index contributed by atoms with van der Waals surface area (Å²) in [6.07, 6.45) is 2.99. The predicted octanol–water partition coefficient (Wildman–Crippen LogP) is 3.17. The molecule has 5 heteroatoms. The maximum absolute atomic E-state index is 12.7. The summed E-state index contributed by atoms with van der Waals surface area (Å²) in [7, 11) is -3.47. The Labute approximate surface area is 123 Å². The minimum absolute atomic E-state index is 0.0561. The van der Waals surface area contributed by atoms with Crippen molar-refractivity contribution in [1.29, 1.82) is 0 Å². The molecular formula is C15H26N2O2S. The van der Waals surface area contributed by atoms with E-state index in [2.05, 4.69) is 6.92 Å². The summed E-state index contributed by atoms with van der Waals surface area (Å²) in [4.78, 5) is 0.283. The number of nitrogen functional groups attached to an aromatic ring is 1. The molecule has 1 aromatic rings. The van der Waals surface area contributed by atoms with E-state index in [1.165, 1.54) is 0 Å². The van der Waals surface area contributed by atoms with E-state index in [9.17, 15) is 8.42 Å². The summed E-state index contributed by atoms with van der Waals surface area (Å²) >= 11 is 0. The summed E-state index contributed by atoms with van der Waals surface area (Å²) in [5.41, 5.74) is 7.24. The van der Waals surface area contributed by atoms with Gasteiger partial charge in [-0.3, -0.25) is 0 Å². The lowest BCUT2D eigenvalue weighted by atomic mass is 10.2. The van der Waals surface area contributed by atoms with Gasteiger partial charge in [-0.2, -0.15) is 4.31 Å². The van der Waals surface area contributed by atoms with Crippen LogP contribution in [0.3, 0.4) is 0 Å². The molecule has 0 aliphatic heterocycles. The lowest BCUT2D eigenvalue weighted by Crippen LogP contribution is -2.37. The standard InChI is InChI=1S/C15H26N2O2S/c1-5-6-7-10-17(12(2)3)20(18,19)14-9-8-13(4)15(16)11-14/h8-9,11-12H,5-7,10,16H2,1-4H3. The van der Waals surface area contributed by atoms with Crippen molar-refractivity contribution in [2.75, 3.05) is 12.3 Å². The van der Waals surface area contributed by atoms with Crippen LogP contribution in [-0.2, 0) is 10.0 Å². The van der Waals surface area contributed by atoms with Gasteiger partial charge in [0.2, 0.25) is 10.0 Å². The van der Waals surface area contributed by atoms with E-state index in [0.29, 0.717) is 12.2 Å². The Morgan fingerprint density at radius 1 is 1.25 bits per heavy atom. The van der Waals surface area contributed by atoms with Gasteiger partial charge in [-0.25, -0.2) is 8.42 Å². The number of unbranched alkanes of at least 4 members (excludes halogenated alkanes) is 2. The molecule has 0 heterocycles. The molecule has 0 aliphatic carbocycles. The average molecular weight is 298 g/mol. The van der Waals surface area contributed by atoms with E-state index < -0.39 is 10.0 Å². The molecule has 0 saturated carbocycles. The van der Waals surface area contributed by atoms with Crippen LogP contribution in [-0.4, -0.2) is 25.3 Å². The molecule has 0 spiro atoms. The lowest BCUT2D eigenvalue weighted by molar-refractivity contribution is 0.345. The van der Waals surface area contributed by atoms with E-state index in [-0.39, 0.29) is 10.9 Å². The first-order valence-electron chi connectivity index (χ1n) is 7.18. The molecule has 0 atom stereocenters. The number of nitrogens with zero attached hydrogens (tertiary/aromatic N) is 1. The van der Waals surface area contributed by atoms with E-state index >= 15 is 0 Å². The molecule has 0 fully saturated rings. The Bertz CT molecular complexity index is 539. The minimum Gasteiger partial charge on any atom is -0.398 e. The third-order valence-corrected chi connectivity index (χ3v) is 5.49. The number of benzene rings is 1. The third kappa shape index (κ3) is 3.96. The van der Waals surface area contributed by atoms with E-state index in [4.69, 9.17) is 5.73 Å². The molecule has 4 nitrogen and oxygen atoms in total. The van der Waals surface area contributed by atoms with Crippen molar-refractivity contribution in [2.24, 2.45) is 0 Å². The van der Waals surface area contributed by atoms with E-state index in [1.54, 1.807) is 22.5 Å². The van der Waals surface area contributed by atoms with Crippen LogP contribution in [0.1, 0.15) is 45.6 Å². The molecule has 1 rings (SSSR count). The van der Waals surface area contributed by atoms with Crippen molar-refractivity contribution in [1.82, 2.24) is 4.31 Å². The highest BCUT2D eigenvalue weighted by Gasteiger charge is 2.26. The molecule has 20 heavy (non-hydrogen) atoms. The summed E-state index contributed by atoms with van der Waals surface area (Å²) in [5.74, 6) is 0. The number of hydrogen-bond acceptors (Lipinski definition) is 3. The molecule has 0 saturated heterocycles. The van der Waals surface area contributed by atoms with Crippen molar-refractivity contribution in [2.45, 2.75) is 57.9 Å². The van der Waals surface area contributed by atoms with Gasteiger partial charge in [0, 0.05) is 18.3 Å². The molecule has 0 aromatic heterocycles. The quantitative estimate of drug-likeness (QED) is 0.621. The molecule has 0 aliphatic rings. The second kappa shape index (κ2) is 7.09. The first-order valence-corrected chi connectivity index (χ1v) is 8.62. The normalized spacial score (nSPS) is 12.3. The second-order valence-corrected chi connectivity index (χ2v) is 7.33. The predicted molar refractivity (Wildman–Crippen MR) is 84.1 cm³/mol. The smallest absolute Gasteiger partial charge is 0.243 e. The number of anilines is 1. The molecule has 2 N–H and O–H groups in total. The highest BCUT2D eigenvalue weighted by Crippen LogP contribution is 2.22. The Morgan fingerprint density at radius 2 is 1.90 bits per heavy atom. The maximum atomic E-state index is 12.7. The van der Waals surface area contributed by atoms with Crippen LogP contribution in [0.25, 0.3) is 0 Å². The fraction of sp³-hybridized carbons (Fsp3) is 0.600. The van der Waals surface area contributed by atoms with Crippen LogP contribution < -0.4 is 5.73 Å². The molecule has 0 amide bonds. The van der Waals surface area contributed by atoms with Crippen molar-refractivity contribution < 1.29 is 8.42 Å². The van der Waals surface area contributed by atoms with Gasteiger partial charge < -0.3 is 5.73 Å². The lowest BCUT2D eigenvalue weighted by Gasteiger charge is -2.26. The fourth-order valence-corrected chi connectivity index (χ4v) is 3.80. The van der Waals surface area contributed by atoms with Crippen molar-refractivity contribution >= 4 is 15.7 Å². The minimum atomic E-state index is -3.47. The van der Waals surface area contributed by atoms with Gasteiger partial charge in [0.1, 0.15) is 0 Å². The molecule has 0 unspecified atom stereocenters. The Kier molecular flexibility index (Phi) is 6.02. The zero-order chi connectivity index (χ0) is 15.3. The van der Waals surface area contributed by atoms with Gasteiger partial charge in [-0.05, 0) is 44.9 Å². The third-order valence-electron chi connectivity index (χ3n) is 3.42. The molecule has 114 valence electrons. The van der Waals surface area contributed by atoms with Gasteiger partial charge in [-0.1, -0.05) is 25.8 Å². The number of hydrogen-bond donors (Lipinski definition) is 1. The number of nitrogens with two attached hydrogens (primary N) is 1. The van der Waals surface area contributed by atoms with Crippen molar-refractivity contribution in [3.05, 3.63) is 23.8 Å². The Morgan fingerprint density at radius 3 is 2.40 bits per heavy atom. The van der Waals surface area contributed by atoms with E-state index in [0.717, 1.165) is 24.8 Å². The maximum Gasteiger partial charge on any atom is 0.243 e. The Hall–Kier alpha value is -1.07. The van der Waals surface area contributed by atoms with Crippen molar-refractivity contribution in [3.8, 4) is 0 Å². The van der Waals surface area contributed by atoms with Crippen LogP contribution in [0.4, 0.5) is 5.69 Å². The molecule has 0 radical (unpaired) electrons. The second-order valence-electron chi connectivity index (χ2n) is 5.44. The fourth-order valence-electron chi connectivity index (χ4n) is 2.09. The summed E-state index contributed by atoms with van der Waals surface area (Å²) in [6.45, 7) is 8.34. The zero-order valence-electron chi connectivity index (χ0n) is 12.9.